The lowest BCUT2D eigenvalue weighted by molar-refractivity contribution is 0.576. The van der Waals surface area contributed by atoms with Crippen LogP contribution in [0.2, 0.25) is 0 Å². The van der Waals surface area contributed by atoms with Crippen LogP contribution in [0.5, 0.6) is 0 Å². The van der Waals surface area contributed by atoms with E-state index in [9.17, 15) is 0 Å². The van der Waals surface area contributed by atoms with Crippen LogP contribution in [0.4, 0.5) is 0 Å². The summed E-state index contributed by atoms with van der Waals surface area (Å²) < 4.78 is 0. The van der Waals surface area contributed by atoms with Gasteiger partial charge >= 0.3 is 0 Å². The number of hydrogen-bond donors (Lipinski definition) is 0. The minimum absolute atomic E-state index is 0.246. The van der Waals surface area contributed by atoms with Gasteiger partial charge in [-0.25, -0.2) is 0 Å². The highest BCUT2D eigenvalue weighted by atomic mass is 14.3. The molecule has 1 aromatic carbocycles. The second-order valence-corrected chi connectivity index (χ2v) is 7.79. The molecule has 1 aromatic rings. The highest BCUT2D eigenvalue weighted by Gasteiger charge is 2.24. The van der Waals surface area contributed by atoms with Crippen molar-refractivity contribution < 1.29 is 0 Å². The van der Waals surface area contributed by atoms with Gasteiger partial charge < -0.3 is 0 Å². The van der Waals surface area contributed by atoms with Crippen molar-refractivity contribution in [2.45, 2.75) is 121 Å². The zero-order valence-electron chi connectivity index (χ0n) is 19.0. The first-order valence-electron chi connectivity index (χ1n) is 10.3. The summed E-state index contributed by atoms with van der Waals surface area (Å²) in [5.74, 6) is 0. The molecule has 0 nitrogen and oxygen atoms in total. The fourth-order valence-electron chi connectivity index (χ4n) is 3.61. The monoisotopic (exact) mass is 334 g/mol. The zero-order valence-corrected chi connectivity index (χ0v) is 19.0. The molecule has 0 unspecified atom stereocenters. The van der Waals surface area contributed by atoms with Gasteiger partial charge in [0.05, 0.1) is 0 Å². The average Bonchev–Trinajstić information content (AvgIpc) is 2.48. The van der Waals surface area contributed by atoms with Gasteiger partial charge in [0.15, 0.2) is 0 Å². The van der Waals surface area contributed by atoms with Crippen LogP contribution in [0.25, 0.3) is 0 Å². The molecule has 0 aliphatic heterocycles. The van der Waals surface area contributed by atoms with Gasteiger partial charge in [0.2, 0.25) is 0 Å². The molecule has 0 saturated carbocycles. The quantitative estimate of drug-likeness (QED) is 0.523. The largest absolute Gasteiger partial charge is 0.0656 e. The Bertz CT molecular complexity index is 456. The van der Waals surface area contributed by atoms with Gasteiger partial charge in [0.25, 0.3) is 0 Å². The fraction of sp³-hybridized carbons (Fsp3) is 0.750. The van der Waals surface area contributed by atoms with Crippen molar-refractivity contribution in [3.05, 3.63) is 33.4 Å². The topological polar surface area (TPSA) is 0 Å². The molecule has 1 rings (SSSR count). The van der Waals surface area contributed by atoms with Gasteiger partial charge in [-0.05, 0) is 71.9 Å². The summed E-state index contributed by atoms with van der Waals surface area (Å²) in [5, 5.41) is 0. The van der Waals surface area contributed by atoms with E-state index in [0.29, 0.717) is 0 Å². The molecule has 0 aliphatic carbocycles. The van der Waals surface area contributed by atoms with E-state index in [-0.39, 0.29) is 5.41 Å². The van der Waals surface area contributed by atoms with Crippen molar-refractivity contribution in [1.29, 1.82) is 0 Å². The van der Waals surface area contributed by atoms with Gasteiger partial charge in [0.1, 0.15) is 0 Å². The van der Waals surface area contributed by atoms with E-state index in [0.717, 1.165) is 19.3 Å². The molecule has 0 aliphatic rings. The zero-order chi connectivity index (χ0) is 19.5. The maximum atomic E-state index is 2.35. The molecule has 24 heavy (non-hydrogen) atoms. The first-order valence-corrected chi connectivity index (χ1v) is 10.3. The van der Waals surface area contributed by atoms with Crippen molar-refractivity contribution in [2.24, 2.45) is 0 Å². The van der Waals surface area contributed by atoms with E-state index in [1.807, 2.05) is 0 Å². The van der Waals surface area contributed by atoms with Crippen LogP contribution in [0.15, 0.2) is 0 Å². The molecular formula is C24H46. The molecule has 0 amide bonds. The van der Waals surface area contributed by atoms with E-state index >= 15 is 0 Å². The third kappa shape index (κ3) is 6.99. The standard InChI is InChI=1S/C18H30.2C3H8/c1-9-14-12(4)16(11-3)17(18(6,7)8)13(5)15(14)10-2;2*1-3-2/h9-11H2,1-8H3;2*3H2,1-2H3. The van der Waals surface area contributed by atoms with Crippen molar-refractivity contribution in [3.63, 3.8) is 0 Å². The van der Waals surface area contributed by atoms with E-state index in [1.54, 1.807) is 33.4 Å². The van der Waals surface area contributed by atoms with Crippen LogP contribution in [-0.2, 0) is 24.7 Å². The van der Waals surface area contributed by atoms with Crippen molar-refractivity contribution in [3.8, 4) is 0 Å². The van der Waals surface area contributed by atoms with Crippen molar-refractivity contribution in [2.75, 3.05) is 0 Å². The minimum atomic E-state index is 0.246. The lowest BCUT2D eigenvalue weighted by Gasteiger charge is -2.30. The van der Waals surface area contributed by atoms with Gasteiger partial charge in [-0.1, -0.05) is 82.1 Å². The smallest absolute Gasteiger partial charge is 0.0126 e. The molecule has 0 fully saturated rings. The van der Waals surface area contributed by atoms with Crippen LogP contribution in [0.3, 0.4) is 0 Å². The van der Waals surface area contributed by atoms with Crippen molar-refractivity contribution >= 4 is 0 Å². The van der Waals surface area contributed by atoms with Crippen LogP contribution in [0.1, 0.15) is 115 Å². The maximum absolute atomic E-state index is 2.35. The number of hydrogen-bond acceptors (Lipinski definition) is 0. The van der Waals surface area contributed by atoms with Crippen LogP contribution >= 0.6 is 0 Å². The molecule has 0 N–H and O–H groups in total. The highest BCUT2D eigenvalue weighted by molar-refractivity contribution is 5.53. The second kappa shape index (κ2) is 12.6. The SMILES string of the molecule is CCC.CCC.CCc1c(C)c(CC)c(C(C)(C)C)c(C)c1CC. The minimum Gasteiger partial charge on any atom is -0.0656 e. The van der Waals surface area contributed by atoms with Crippen LogP contribution in [0, 0.1) is 13.8 Å². The lowest BCUT2D eigenvalue weighted by Crippen LogP contribution is -2.20. The Morgan fingerprint density at radius 1 is 0.542 bits per heavy atom. The number of benzene rings is 1. The van der Waals surface area contributed by atoms with E-state index in [4.69, 9.17) is 0 Å². The molecular weight excluding hydrogens is 288 g/mol. The van der Waals surface area contributed by atoms with Gasteiger partial charge in [-0.2, -0.15) is 0 Å². The normalized spacial score (nSPS) is 10.5. The van der Waals surface area contributed by atoms with Gasteiger partial charge in [-0.3, -0.25) is 0 Å². The molecule has 0 aromatic heterocycles. The molecule has 0 heteroatoms. The maximum Gasteiger partial charge on any atom is -0.0126 e. The Kier molecular flexibility index (Phi) is 13.3. The third-order valence-electron chi connectivity index (χ3n) is 4.21. The van der Waals surface area contributed by atoms with Crippen molar-refractivity contribution in [1.82, 2.24) is 0 Å². The Morgan fingerprint density at radius 2 is 0.833 bits per heavy atom. The first kappa shape index (κ1) is 25.5. The van der Waals surface area contributed by atoms with Gasteiger partial charge in [-0.15, -0.1) is 0 Å². The summed E-state index contributed by atoms with van der Waals surface area (Å²) in [5.41, 5.74) is 9.72. The third-order valence-corrected chi connectivity index (χ3v) is 4.21. The Balaban J connectivity index is 0. The number of rotatable bonds is 3. The van der Waals surface area contributed by atoms with E-state index < -0.39 is 0 Å². The summed E-state index contributed by atoms with van der Waals surface area (Å²) in [4.78, 5) is 0. The Hall–Kier alpha value is -0.780. The summed E-state index contributed by atoms with van der Waals surface area (Å²) in [7, 11) is 0. The first-order chi connectivity index (χ1) is 11.1. The summed E-state index contributed by atoms with van der Waals surface area (Å²) in [6.45, 7) is 27.1. The highest BCUT2D eigenvalue weighted by Crippen LogP contribution is 2.36. The van der Waals surface area contributed by atoms with Crippen LogP contribution < -0.4 is 0 Å². The van der Waals surface area contributed by atoms with E-state index in [2.05, 4.69) is 83.1 Å². The molecule has 0 radical (unpaired) electrons. The van der Waals surface area contributed by atoms with Crippen LogP contribution in [-0.4, -0.2) is 0 Å². The Morgan fingerprint density at radius 3 is 1.08 bits per heavy atom. The predicted molar refractivity (Wildman–Crippen MR) is 115 cm³/mol. The average molecular weight is 335 g/mol. The van der Waals surface area contributed by atoms with E-state index in [1.165, 1.54) is 12.8 Å². The molecule has 0 heterocycles. The molecule has 142 valence electrons. The summed E-state index contributed by atoms with van der Waals surface area (Å²) in [6, 6.07) is 0. The van der Waals surface area contributed by atoms with Gasteiger partial charge in [0, 0.05) is 0 Å². The predicted octanol–water partition coefficient (Wildman–Crippen LogP) is 8.12. The summed E-state index contributed by atoms with van der Waals surface area (Å²) >= 11 is 0. The lowest BCUT2D eigenvalue weighted by atomic mass is 9.75. The Labute approximate surface area is 154 Å². The molecule has 0 saturated heterocycles. The second-order valence-electron chi connectivity index (χ2n) is 7.79. The molecule has 0 bridgehead atoms. The fourth-order valence-corrected chi connectivity index (χ4v) is 3.61. The molecule has 0 spiro atoms. The molecule has 0 atom stereocenters. The summed E-state index contributed by atoms with van der Waals surface area (Å²) in [6.07, 6.45) is 5.96.